The number of thiocarbonyl (C=S) groups is 1. The van der Waals surface area contributed by atoms with Crippen LogP contribution in [0.1, 0.15) is 5.56 Å². The molecule has 0 aliphatic carbocycles. The molecule has 0 spiro atoms. The number of carbonyl (C=O) groups is 2. The number of nitrogens with one attached hydrogen (secondary N) is 1. The number of carbonyl (C=O) groups excluding carboxylic acids is 2. The molecule has 0 saturated carbocycles. The summed E-state index contributed by atoms with van der Waals surface area (Å²) < 4.78 is 23.0. The Hall–Kier alpha value is -1.68. The molecule has 26 heavy (non-hydrogen) atoms. The zero-order valence-electron chi connectivity index (χ0n) is 13.2. The summed E-state index contributed by atoms with van der Waals surface area (Å²) in [6, 6.07) is 6.48. The van der Waals surface area contributed by atoms with Crippen LogP contribution in [0.4, 0.5) is 0 Å². The molecular weight excluding hydrogens is 416 g/mol. The Bertz CT molecular complexity index is 956. The first-order valence-electron chi connectivity index (χ1n) is 7.45. The molecule has 0 aromatic heterocycles. The summed E-state index contributed by atoms with van der Waals surface area (Å²) in [6.45, 7) is -0.269. The smallest absolute Gasteiger partial charge is 0.266 e. The highest BCUT2D eigenvalue weighted by atomic mass is 35.5. The van der Waals surface area contributed by atoms with Crippen LogP contribution in [0.2, 0.25) is 5.02 Å². The standard InChI is InChI=1S/C16H13ClN2O4S3/c17-12-4-2-1-3-10(12)7-13-15(21)19(16(24)25-13)8-14(20)18-11-5-6-26(22,23)9-11/h1-7,11H,8-9H2,(H,18,20)/b13-7-/t11-/m1/s1. The van der Waals surface area contributed by atoms with E-state index in [2.05, 4.69) is 5.32 Å². The minimum absolute atomic E-state index is 0.177. The molecule has 1 aromatic carbocycles. The van der Waals surface area contributed by atoms with Crippen molar-refractivity contribution in [1.82, 2.24) is 10.2 Å². The van der Waals surface area contributed by atoms with E-state index in [1.807, 2.05) is 0 Å². The summed E-state index contributed by atoms with van der Waals surface area (Å²) in [4.78, 5) is 26.2. The molecule has 1 atom stereocenters. The van der Waals surface area contributed by atoms with Gasteiger partial charge in [0.1, 0.15) is 10.9 Å². The zero-order chi connectivity index (χ0) is 18.9. The van der Waals surface area contributed by atoms with Gasteiger partial charge in [0, 0.05) is 10.4 Å². The molecule has 1 fully saturated rings. The van der Waals surface area contributed by atoms with E-state index in [1.54, 1.807) is 30.3 Å². The SMILES string of the molecule is O=C(CN1C(=O)/C(=C/c2ccccc2Cl)SC1=S)N[C@@H]1C=CS(=O)(=O)C1. The number of hydrogen-bond donors (Lipinski definition) is 1. The first kappa shape index (κ1) is 19.1. The summed E-state index contributed by atoms with van der Waals surface area (Å²) >= 11 is 12.4. The van der Waals surface area contributed by atoms with E-state index in [0.717, 1.165) is 17.2 Å². The average Bonchev–Trinajstić information content (AvgIpc) is 3.03. The minimum atomic E-state index is -3.26. The van der Waals surface area contributed by atoms with Crippen molar-refractivity contribution in [2.24, 2.45) is 0 Å². The van der Waals surface area contributed by atoms with Crippen molar-refractivity contribution >= 4 is 67.6 Å². The van der Waals surface area contributed by atoms with Crippen LogP contribution in [0.5, 0.6) is 0 Å². The summed E-state index contributed by atoms with van der Waals surface area (Å²) in [5, 5.41) is 4.15. The first-order valence-corrected chi connectivity index (χ1v) is 10.8. The van der Waals surface area contributed by atoms with Gasteiger partial charge in [-0.1, -0.05) is 53.8 Å². The fourth-order valence-electron chi connectivity index (χ4n) is 2.43. The van der Waals surface area contributed by atoms with Crippen molar-refractivity contribution in [1.29, 1.82) is 0 Å². The Morgan fingerprint density at radius 3 is 2.81 bits per heavy atom. The summed E-state index contributed by atoms with van der Waals surface area (Å²) in [6.07, 6.45) is 3.04. The van der Waals surface area contributed by atoms with E-state index in [0.29, 0.717) is 15.5 Å². The van der Waals surface area contributed by atoms with Gasteiger partial charge in [-0.25, -0.2) is 8.42 Å². The van der Waals surface area contributed by atoms with Crippen LogP contribution in [-0.4, -0.2) is 47.8 Å². The van der Waals surface area contributed by atoms with Crippen LogP contribution in [0, 0.1) is 0 Å². The Morgan fingerprint density at radius 1 is 1.42 bits per heavy atom. The summed E-state index contributed by atoms with van der Waals surface area (Å²) in [5.41, 5.74) is 0.681. The number of rotatable bonds is 4. The van der Waals surface area contributed by atoms with Gasteiger partial charge in [0.05, 0.1) is 16.7 Å². The van der Waals surface area contributed by atoms with Gasteiger partial charge in [0.15, 0.2) is 9.84 Å². The molecule has 6 nitrogen and oxygen atoms in total. The molecule has 3 rings (SSSR count). The highest BCUT2D eigenvalue weighted by Crippen LogP contribution is 2.33. The molecule has 1 N–H and O–H groups in total. The van der Waals surface area contributed by atoms with E-state index in [1.165, 1.54) is 11.0 Å². The van der Waals surface area contributed by atoms with Crippen LogP contribution in [0.25, 0.3) is 6.08 Å². The monoisotopic (exact) mass is 428 g/mol. The fraction of sp³-hybridized carbons (Fsp3) is 0.188. The van der Waals surface area contributed by atoms with E-state index in [4.69, 9.17) is 23.8 Å². The normalized spacial score (nSPS) is 23.0. The molecule has 0 bridgehead atoms. The number of nitrogens with zero attached hydrogens (tertiary/aromatic N) is 1. The van der Waals surface area contributed by atoms with Crippen molar-refractivity contribution in [3.05, 3.63) is 51.2 Å². The van der Waals surface area contributed by atoms with E-state index in [9.17, 15) is 18.0 Å². The molecule has 2 heterocycles. The van der Waals surface area contributed by atoms with Crippen LogP contribution in [0.15, 0.2) is 40.7 Å². The largest absolute Gasteiger partial charge is 0.347 e. The second kappa shape index (κ2) is 7.51. The zero-order valence-corrected chi connectivity index (χ0v) is 16.4. The van der Waals surface area contributed by atoms with Crippen LogP contribution in [-0.2, 0) is 19.4 Å². The van der Waals surface area contributed by atoms with Gasteiger partial charge in [-0.3, -0.25) is 14.5 Å². The van der Waals surface area contributed by atoms with E-state index in [-0.39, 0.29) is 22.5 Å². The third-order valence-electron chi connectivity index (χ3n) is 3.64. The fourth-order valence-corrected chi connectivity index (χ4v) is 5.10. The molecule has 2 aliphatic rings. The van der Waals surface area contributed by atoms with Crippen molar-refractivity contribution in [3.63, 3.8) is 0 Å². The molecule has 1 aromatic rings. The van der Waals surface area contributed by atoms with Gasteiger partial charge < -0.3 is 5.32 Å². The van der Waals surface area contributed by atoms with E-state index >= 15 is 0 Å². The predicted octanol–water partition coefficient (Wildman–Crippen LogP) is 1.97. The lowest BCUT2D eigenvalue weighted by Gasteiger charge is -2.16. The van der Waals surface area contributed by atoms with Crippen LogP contribution in [0.3, 0.4) is 0 Å². The maximum Gasteiger partial charge on any atom is 0.266 e. The quantitative estimate of drug-likeness (QED) is 0.583. The maximum atomic E-state index is 12.5. The predicted molar refractivity (Wildman–Crippen MR) is 106 cm³/mol. The third kappa shape index (κ3) is 4.35. The van der Waals surface area contributed by atoms with Gasteiger partial charge in [-0.05, 0) is 23.8 Å². The third-order valence-corrected chi connectivity index (χ3v) is 6.76. The number of sulfone groups is 1. The number of benzene rings is 1. The average molecular weight is 429 g/mol. The van der Waals surface area contributed by atoms with Gasteiger partial charge in [-0.15, -0.1) is 0 Å². The van der Waals surface area contributed by atoms with Crippen LogP contribution < -0.4 is 5.32 Å². The molecule has 2 amide bonds. The van der Waals surface area contributed by atoms with Gasteiger partial charge in [0.25, 0.3) is 5.91 Å². The second-order valence-electron chi connectivity index (χ2n) is 5.62. The Balaban J connectivity index is 1.67. The molecule has 2 aliphatic heterocycles. The molecule has 0 unspecified atom stereocenters. The highest BCUT2D eigenvalue weighted by Gasteiger charge is 2.34. The second-order valence-corrected chi connectivity index (χ2v) is 9.64. The van der Waals surface area contributed by atoms with Gasteiger partial charge >= 0.3 is 0 Å². The lowest BCUT2D eigenvalue weighted by Crippen LogP contribution is -2.43. The topological polar surface area (TPSA) is 83.6 Å². The lowest BCUT2D eigenvalue weighted by molar-refractivity contribution is -0.128. The molecule has 10 heteroatoms. The van der Waals surface area contributed by atoms with Crippen molar-refractivity contribution in [2.75, 3.05) is 12.3 Å². The van der Waals surface area contributed by atoms with Crippen molar-refractivity contribution in [2.45, 2.75) is 6.04 Å². The number of halogens is 1. The lowest BCUT2D eigenvalue weighted by atomic mass is 10.2. The minimum Gasteiger partial charge on any atom is -0.347 e. The Morgan fingerprint density at radius 2 is 2.15 bits per heavy atom. The number of thioether (sulfide) groups is 1. The molecule has 1 saturated heterocycles. The van der Waals surface area contributed by atoms with Gasteiger partial charge in [0.2, 0.25) is 5.91 Å². The van der Waals surface area contributed by atoms with Crippen molar-refractivity contribution in [3.8, 4) is 0 Å². The molecule has 0 radical (unpaired) electrons. The Kier molecular flexibility index (Phi) is 5.52. The summed E-state index contributed by atoms with van der Waals surface area (Å²) in [7, 11) is -3.26. The Labute approximate surface area is 165 Å². The van der Waals surface area contributed by atoms with Crippen LogP contribution >= 0.6 is 35.6 Å². The molecular formula is C16H13ClN2O4S3. The maximum absolute atomic E-state index is 12.5. The van der Waals surface area contributed by atoms with Gasteiger partial charge in [-0.2, -0.15) is 0 Å². The van der Waals surface area contributed by atoms with E-state index < -0.39 is 21.8 Å². The first-order chi connectivity index (χ1) is 12.2. The highest BCUT2D eigenvalue weighted by molar-refractivity contribution is 8.26. The number of hydrogen-bond acceptors (Lipinski definition) is 6. The molecule has 136 valence electrons. The summed E-state index contributed by atoms with van der Waals surface area (Å²) in [5.74, 6) is -1.04. The number of amides is 2. The van der Waals surface area contributed by atoms with Crippen molar-refractivity contribution < 1.29 is 18.0 Å².